The molecule has 0 bridgehead atoms. The van der Waals surface area contributed by atoms with Gasteiger partial charge in [-0.2, -0.15) is 0 Å². The first-order valence-electron chi connectivity index (χ1n) is 8.54. The summed E-state index contributed by atoms with van der Waals surface area (Å²) in [5.41, 5.74) is 3.77. The Hall–Kier alpha value is -2.03. The molecule has 0 saturated heterocycles. The van der Waals surface area contributed by atoms with E-state index in [0.717, 1.165) is 19.4 Å². The van der Waals surface area contributed by atoms with Gasteiger partial charge in [-0.25, -0.2) is 0 Å². The van der Waals surface area contributed by atoms with Crippen molar-refractivity contribution in [2.45, 2.75) is 52.7 Å². The number of rotatable bonds is 6. The standard InChI is InChI=1S/C20H26N2O/c1-15(2)22(20(23)18-10-11-18)14-19-5-4-12-21(19)13-17-8-6-16(3)7-9-17/h4-9,12,15,18H,10-11,13-14H2,1-3H3. The van der Waals surface area contributed by atoms with Crippen LogP contribution in [0.25, 0.3) is 0 Å². The molecule has 0 radical (unpaired) electrons. The Labute approximate surface area is 138 Å². The van der Waals surface area contributed by atoms with Gasteiger partial charge < -0.3 is 9.47 Å². The average molecular weight is 310 g/mol. The van der Waals surface area contributed by atoms with E-state index in [1.54, 1.807) is 0 Å². The number of benzene rings is 1. The smallest absolute Gasteiger partial charge is 0.226 e. The Balaban J connectivity index is 1.74. The summed E-state index contributed by atoms with van der Waals surface area (Å²) >= 11 is 0. The molecule has 1 aliphatic rings. The highest BCUT2D eigenvalue weighted by Gasteiger charge is 2.34. The van der Waals surface area contributed by atoms with E-state index in [0.29, 0.717) is 12.5 Å². The zero-order valence-corrected chi connectivity index (χ0v) is 14.3. The van der Waals surface area contributed by atoms with Gasteiger partial charge in [0.2, 0.25) is 5.91 Å². The maximum Gasteiger partial charge on any atom is 0.226 e. The second-order valence-corrected chi connectivity index (χ2v) is 6.95. The average Bonchev–Trinajstić information content (AvgIpc) is 3.28. The number of aryl methyl sites for hydroxylation is 1. The van der Waals surface area contributed by atoms with Gasteiger partial charge in [0.1, 0.15) is 0 Å². The molecule has 23 heavy (non-hydrogen) atoms. The van der Waals surface area contributed by atoms with E-state index in [1.807, 2.05) is 4.90 Å². The Morgan fingerprint density at radius 1 is 1.22 bits per heavy atom. The Kier molecular flexibility index (Phi) is 4.56. The van der Waals surface area contributed by atoms with Crippen LogP contribution >= 0.6 is 0 Å². The van der Waals surface area contributed by atoms with Crippen molar-refractivity contribution in [3.05, 3.63) is 59.4 Å². The van der Waals surface area contributed by atoms with Gasteiger partial charge in [0.25, 0.3) is 0 Å². The molecule has 2 aromatic rings. The predicted molar refractivity (Wildman–Crippen MR) is 93.1 cm³/mol. The minimum atomic E-state index is 0.242. The van der Waals surface area contributed by atoms with Gasteiger partial charge in [0, 0.05) is 30.4 Å². The minimum absolute atomic E-state index is 0.242. The minimum Gasteiger partial charge on any atom is -0.345 e. The zero-order chi connectivity index (χ0) is 16.4. The number of hydrogen-bond acceptors (Lipinski definition) is 1. The highest BCUT2D eigenvalue weighted by Crippen LogP contribution is 2.32. The number of aromatic nitrogens is 1. The molecular weight excluding hydrogens is 284 g/mol. The van der Waals surface area contributed by atoms with Crippen LogP contribution in [-0.4, -0.2) is 21.4 Å². The van der Waals surface area contributed by atoms with Crippen LogP contribution in [0.4, 0.5) is 0 Å². The molecule has 0 N–H and O–H groups in total. The molecule has 3 rings (SSSR count). The summed E-state index contributed by atoms with van der Waals surface area (Å²) in [4.78, 5) is 14.5. The molecule has 1 aromatic carbocycles. The topological polar surface area (TPSA) is 25.2 Å². The highest BCUT2D eigenvalue weighted by atomic mass is 16.2. The van der Waals surface area contributed by atoms with Gasteiger partial charge in [-0.3, -0.25) is 4.79 Å². The third kappa shape index (κ3) is 3.84. The van der Waals surface area contributed by atoms with Crippen LogP contribution in [0, 0.1) is 12.8 Å². The lowest BCUT2D eigenvalue weighted by atomic mass is 10.1. The lowest BCUT2D eigenvalue weighted by Crippen LogP contribution is -2.38. The van der Waals surface area contributed by atoms with Crippen molar-refractivity contribution < 1.29 is 4.79 Å². The van der Waals surface area contributed by atoms with E-state index in [1.165, 1.54) is 16.8 Å². The quantitative estimate of drug-likeness (QED) is 0.792. The number of hydrogen-bond donors (Lipinski definition) is 0. The van der Waals surface area contributed by atoms with E-state index in [9.17, 15) is 4.79 Å². The normalized spacial score (nSPS) is 14.3. The van der Waals surface area contributed by atoms with E-state index in [2.05, 4.69) is 67.9 Å². The van der Waals surface area contributed by atoms with Crippen molar-refractivity contribution in [2.75, 3.05) is 0 Å². The monoisotopic (exact) mass is 310 g/mol. The molecule has 1 amide bonds. The number of carbonyl (C=O) groups is 1. The van der Waals surface area contributed by atoms with Crippen LogP contribution in [0.5, 0.6) is 0 Å². The fraction of sp³-hybridized carbons (Fsp3) is 0.450. The van der Waals surface area contributed by atoms with Gasteiger partial charge in [0.05, 0.1) is 6.54 Å². The van der Waals surface area contributed by atoms with Crippen LogP contribution < -0.4 is 0 Å². The second-order valence-electron chi connectivity index (χ2n) is 6.95. The molecule has 3 nitrogen and oxygen atoms in total. The van der Waals surface area contributed by atoms with Gasteiger partial charge in [0.15, 0.2) is 0 Å². The first kappa shape index (κ1) is 15.9. The first-order valence-corrected chi connectivity index (χ1v) is 8.54. The predicted octanol–water partition coefficient (Wildman–Crippen LogP) is 3.99. The molecule has 1 aromatic heterocycles. The third-order valence-electron chi connectivity index (χ3n) is 4.56. The fourth-order valence-corrected chi connectivity index (χ4v) is 2.89. The summed E-state index contributed by atoms with van der Waals surface area (Å²) < 4.78 is 2.25. The van der Waals surface area contributed by atoms with Gasteiger partial charge >= 0.3 is 0 Å². The molecular formula is C20H26N2O. The van der Waals surface area contributed by atoms with Gasteiger partial charge in [-0.15, -0.1) is 0 Å². The molecule has 0 unspecified atom stereocenters. The molecule has 122 valence electrons. The molecule has 1 aliphatic carbocycles. The van der Waals surface area contributed by atoms with Crippen LogP contribution in [0.3, 0.4) is 0 Å². The Morgan fingerprint density at radius 2 is 1.91 bits per heavy atom. The van der Waals surface area contributed by atoms with Crippen molar-refractivity contribution in [3.8, 4) is 0 Å². The van der Waals surface area contributed by atoms with Crippen molar-refractivity contribution in [1.82, 2.24) is 9.47 Å². The maximum atomic E-state index is 12.5. The molecule has 3 heteroatoms. The summed E-state index contributed by atoms with van der Waals surface area (Å²) in [5, 5.41) is 0. The Morgan fingerprint density at radius 3 is 2.52 bits per heavy atom. The van der Waals surface area contributed by atoms with Crippen LogP contribution in [0.15, 0.2) is 42.6 Å². The second kappa shape index (κ2) is 6.61. The van der Waals surface area contributed by atoms with Gasteiger partial charge in [-0.05, 0) is 51.3 Å². The molecule has 0 atom stereocenters. The fourth-order valence-electron chi connectivity index (χ4n) is 2.89. The lowest BCUT2D eigenvalue weighted by Gasteiger charge is -2.27. The molecule has 0 aliphatic heterocycles. The maximum absolute atomic E-state index is 12.5. The summed E-state index contributed by atoms with van der Waals surface area (Å²) in [6, 6.07) is 13.1. The largest absolute Gasteiger partial charge is 0.345 e. The van der Waals surface area contributed by atoms with Gasteiger partial charge in [-0.1, -0.05) is 29.8 Å². The third-order valence-corrected chi connectivity index (χ3v) is 4.56. The Bertz CT molecular complexity index is 665. The number of amides is 1. The summed E-state index contributed by atoms with van der Waals surface area (Å²) in [5.74, 6) is 0.598. The molecule has 0 spiro atoms. The van der Waals surface area contributed by atoms with Crippen LogP contribution in [0.1, 0.15) is 43.5 Å². The lowest BCUT2D eigenvalue weighted by molar-refractivity contribution is -0.135. The summed E-state index contributed by atoms with van der Waals surface area (Å²) in [6.45, 7) is 7.87. The van der Waals surface area contributed by atoms with E-state index in [4.69, 9.17) is 0 Å². The van der Waals surface area contributed by atoms with E-state index in [-0.39, 0.29) is 12.0 Å². The van der Waals surface area contributed by atoms with Crippen molar-refractivity contribution in [2.24, 2.45) is 5.92 Å². The highest BCUT2D eigenvalue weighted by molar-refractivity contribution is 5.81. The number of carbonyl (C=O) groups excluding carboxylic acids is 1. The van der Waals surface area contributed by atoms with E-state index < -0.39 is 0 Å². The van der Waals surface area contributed by atoms with Crippen molar-refractivity contribution in [1.29, 1.82) is 0 Å². The molecule has 1 saturated carbocycles. The summed E-state index contributed by atoms with van der Waals surface area (Å²) in [7, 11) is 0. The van der Waals surface area contributed by atoms with Crippen LogP contribution in [0.2, 0.25) is 0 Å². The van der Waals surface area contributed by atoms with Crippen LogP contribution in [-0.2, 0) is 17.9 Å². The molecule has 1 heterocycles. The molecule has 1 fully saturated rings. The summed E-state index contributed by atoms with van der Waals surface area (Å²) in [6.07, 6.45) is 4.23. The van der Waals surface area contributed by atoms with Crippen molar-refractivity contribution in [3.63, 3.8) is 0 Å². The first-order chi connectivity index (χ1) is 11.0. The zero-order valence-electron chi connectivity index (χ0n) is 14.3. The number of nitrogens with zero attached hydrogens (tertiary/aromatic N) is 2. The van der Waals surface area contributed by atoms with Crippen molar-refractivity contribution >= 4 is 5.91 Å². The van der Waals surface area contributed by atoms with E-state index >= 15 is 0 Å². The SMILES string of the molecule is Cc1ccc(Cn2cccc2CN(C(=O)C2CC2)C(C)C)cc1.